The Bertz CT molecular complexity index is 1540. The number of nitrogens with one attached hydrogen (secondary N) is 1. The first-order valence-corrected chi connectivity index (χ1v) is 13.6. The predicted octanol–water partition coefficient (Wildman–Crippen LogP) is 4.85. The van der Waals surface area contributed by atoms with E-state index in [1.165, 1.54) is 24.3 Å². The number of imide groups is 1. The molecule has 2 aromatic carbocycles. The Morgan fingerprint density at radius 3 is 2.62 bits per heavy atom. The fourth-order valence-electron chi connectivity index (χ4n) is 4.66. The average molecular weight is 599 g/mol. The first kappa shape index (κ1) is 27.3. The minimum atomic E-state index is -4.68. The zero-order chi connectivity index (χ0) is 28.1. The molecule has 2 aliphatic rings. The van der Waals surface area contributed by atoms with Crippen LogP contribution in [-0.2, 0) is 25.3 Å². The molecule has 1 saturated heterocycles. The van der Waals surface area contributed by atoms with Gasteiger partial charge in [0.2, 0.25) is 11.8 Å². The van der Waals surface area contributed by atoms with Crippen molar-refractivity contribution in [3.63, 3.8) is 0 Å². The smallest absolute Gasteiger partial charge is 0.416 e. The number of aromatic amines is 1. The maximum absolute atomic E-state index is 13.8. The largest absolute Gasteiger partial charge is 0.482 e. The lowest BCUT2D eigenvalue weighted by Gasteiger charge is -2.31. The summed E-state index contributed by atoms with van der Waals surface area (Å²) in [5.74, 6) is -3.92. The molecule has 0 unspecified atom stereocenters. The van der Waals surface area contributed by atoms with Gasteiger partial charge >= 0.3 is 17.0 Å². The Morgan fingerprint density at radius 2 is 1.90 bits per heavy atom. The molecule has 3 aromatic rings. The first-order valence-electron chi connectivity index (χ1n) is 11.5. The van der Waals surface area contributed by atoms with Crippen molar-refractivity contribution in [2.45, 2.75) is 29.3 Å². The number of amides is 2. The predicted molar refractivity (Wildman–Crippen MR) is 137 cm³/mol. The van der Waals surface area contributed by atoms with E-state index in [1.807, 2.05) is 0 Å². The van der Waals surface area contributed by atoms with Crippen LogP contribution in [0.1, 0.15) is 28.8 Å². The highest BCUT2D eigenvalue weighted by Gasteiger charge is 2.57. The second kappa shape index (κ2) is 10.4. The number of thioether (sulfide) groups is 1. The lowest BCUT2D eigenvalue weighted by molar-refractivity contribution is -0.145. The van der Waals surface area contributed by atoms with E-state index in [1.54, 1.807) is 6.92 Å². The molecule has 1 N–H and O–H groups in total. The molecule has 0 radical (unpaired) electrons. The fourth-order valence-corrected chi connectivity index (χ4v) is 7.35. The third kappa shape index (κ3) is 5.06. The maximum atomic E-state index is 13.8. The number of aromatic nitrogens is 1. The number of H-pyrrole nitrogens is 1. The summed E-state index contributed by atoms with van der Waals surface area (Å²) >= 11 is 8.10. The lowest BCUT2D eigenvalue weighted by Crippen LogP contribution is -2.32. The highest BCUT2D eigenvalue weighted by Crippen LogP contribution is 2.55. The summed E-state index contributed by atoms with van der Waals surface area (Å²) in [5, 5.41) is -0.425. The van der Waals surface area contributed by atoms with E-state index in [2.05, 4.69) is 4.98 Å². The Hall–Kier alpha value is -3.29. The van der Waals surface area contributed by atoms with Crippen molar-refractivity contribution < 1.29 is 37.0 Å². The number of alkyl halides is 3. The first-order chi connectivity index (χ1) is 18.5. The van der Waals surface area contributed by atoms with Crippen molar-refractivity contribution >= 4 is 58.2 Å². The molecule has 1 fully saturated rings. The van der Waals surface area contributed by atoms with Gasteiger partial charge in [-0.1, -0.05) is 40.8 Å². The van der Waals surface area contributed by atoms with Crippen LogP contribution < -0.4 is 14.5 Å². The van der Waals surface area contributed by atoms with Crippen molar-refractivity contribution in [3.8, 4) is 5.75 Å². The Kier molecular flexibility index (Phi) is 7.25. The summed E-state index contributed by atoms with van der Waals surface area (Å²) in [5.41, 5.74) is -0.881. The Morgan fingerprint density at radius 1 is 1.13 bits per heavy atom. The van der Waals surface area contributed by atoms with Gasteiger partial charge in [-0.3, -0.25) is 14.4 Å². The molecular formula is C25H18ClF3N2O6S2. The molecule has 204 valence electrons. The van der Waals surface area contributed by atoms with Gasteiger partial charge in [0.1, 0.15) is 11.0 Å². The normalized spacial score (nSPS) is 20.5. The summed E-state index contributed by atoms with van der Waals surface area (Å²) < 4.78 is 50.7. The number of rotatable bonds is 6. The number of benzene rings is 2. The minimum absolute atomic E-state index is 0.141. The zero-order valence-electron chi connectivity index (χ0n) is 19.9. The van der Waals surface area contributed by atoms with Crippen LogP contribution in [0.15, 0.2) is 52.3 Å². The van der Waals surface area contributed by atoms with Crippen molar-refractivity contribution in [3.05, 3.63) is 73.2 Å². The van der Waals surface area contributed by atoms with Gasteiger partial charge in [0.15, 0.2) is 6.61 Å². The molecule has 2 amide bonds. The Balaban J connectivity index is 1.61. The summed E-state index contributed by atoms with van der Waals surface area (Å²) in [4.78, 5) is 55.1. The van der Waals surface area contributed by atoms with Gasteiger partial charge < -0.3 is 14.5 Å². The van der Waals surface area contributed by atoms with Crippen molar-refractivity contribution in [2.24, 2.45) is 5.92 Å². The molecule has 3 heterocycles. The molecule has 2 aliphatic heterocycles. The highest BCUT2D eigenvalue weighted by atomic mass is 35.5. The number of nitrogens with zero attached hydrogens (tertiary/aromatic N) is 1. The molecule has 14 heteroatoms. The third-order valence-electron chi connectivity index (χ3n) is 6.21. The zero-order valence-corrected chi connectivity index (χ0v) is 22.3. The summed E-state index contributed by atoms with van der Waals surface area (Å²) in [6, 6.07) is 8.49. The topological polar surface area (TPSA) is 106 Å². The van der Waals surface area contributed by atoms with Crippen LogP contribution in [0.2, 0.25) is 5.02 Å². The molecule has 0 aliphatic carbocycles. The average Bonchev–Trinajstić information content (AvgIpc) is 3.37. The number of hydrogen-bond acceptors (Lipinski definition) is 8. The minimum Gasteiger partial charge on any atom is -0.482 e. The molecular weight excluding hydrogens is 581 g/mol. The molecule has 39 heavy (non-hydrogen) atoms. The maximum Gasteiger partial charge on any atom is 0.416 e. The number of carbonyl (C=O) groups excluding carboxylic acids is 3. The van der Waals surface area contributed by atoms with Crippen molar-refractivity contribution in [1.82, 2.24) is 4.98 Å². The van der Waals surface area contributed by atoms with Gasteiger partial charge in [-0.2, -0.15) is 13.2 Å². The quantitative estimate of drug-likeness (QED) is 0.319. The number of ether oxygens (including phenoxy) is 2. The Labute approximate surface area is 232 Å². The van der Waals surface area contributed by atoms with E-state index in [0.717, 1.165) is 46.2 Å². The number of halogens is 4. The van der Waals surface area contributed by atoms with E-state index in [0.29, 0.717) is 15.5 Å². The van der Waals surface area contributed by atoms with Crippen molar-refractivity contribution in [1.29, 1.82) is 0 Å². The molecule has 0 spiro atoms. The van der Waals surface area contributed by atoms with E-state index in [4.69, 9.17) is 21.1 Å². The third-order valence-corrected chi connectivity index (χ3v) is 8.85. The van der Waals surface area contributed by atoms with Gasteiger partial charge in [0.25, 0.3) is 0 Å². The lowest BCUT2D eigenvalue weighted by atomic mass is 9.82. The van der Waals surface area contributed by atoms with Crippen LogP contribution in [0.4, 0.5) is 18.9 Å². The van der Waals surface area contributed by atoms with E-state index < -0.39 is 58.1 Å². The number of fused-ring (bicyclic) bond motifs is 2. The molecule has 8 nitrogen and oxygen atoms in total. The number of carbonyl (C=O) groups is 3. The van der Waals surface area contributed by atoms with Crippen LogP contribution in [0.3, 0.4) is 0 Å². The molecule has 1 aromatic heterocycles. The summed E-state index contributed by atoms with van der Waals surface area (Å²) in [7, 11) is 0. The number of hydrogen-bond donors (Lipinski definition) is 1. The number of thiazole rings is 1. The second-order valence-electron chi connectivity index (χ2n) is 8.59. The molecule has 0 saturated carbocycles. The van der Waals surface area contributed by atoms with Gasteiger partial charge in [-0.25, -0.2) is 9.69 Å². The fraction of sp³-hybridized carbons (Fsp3) is 0.280. The monoisotopic (exact) mass is 598 g/mol. The SMILES string of the molecule is CCOC(=O)COc1ccc(Cl)cc1[C@@H]1c2sc(=O)[nH]c2S[C@H]2C(=O)N(c3cccc(C(F)(F)F)c3)C(=O)[C@@H]12. The van der Waals surface area contributed by atoms with Crippen LogP contribution in [-0.4, -0.2) is 41.2 Å². The van der Waals surface area contributed by atoms with Crippen LogP contribution in [0.5, 0.6) is 5.75 Å². The van der Waals surface area contributed by atoms with E-state index in [-0.39, 0.29) is 23.1 Å². The van der Waals surface area contributed by atoms with Crippen LogP contribution in [0, 0.1) is 5.92 Å². The van der Waals surface area contributed by atoms with Gasteiger partial charge in [0.05, 0.1) is 28.8 Å². The number of esters is 1. The van der Waals surface area contributed by atoms with Crippen LogP contribution >= 0.6 is 34.7 Å². The standard InChI is InChI=1S/C25H18ClF3N2O6S2/c1-2-36-16(32)10-37-15-7-6-12(26)9-14(15)17-18-20(38-21-19(17)39-24(35)30-21)23(34)31(22(18)33)13-5-3-4-11(8-13)25(27,28)29/h3-9,17-18,20H,2,10H2,1H3,(H,30,35)/t17-,18-,20+/m0/s1. The van der Waals surface area contributed by atoms with Gasteiger partial charge in [-0.05, 0) is 43.3 Å². The van der Waals surface area contributed by atoms with E-state index in [9.17, 15) is 32.3 Å². The number of anilines is 1. The molecule has 5 rings (SSSR count). The highest BCUT2D eigenvalue weighted by molar-refractivity contribution is 8.00. The van der Waals surface area contributed by atoms with Gasteiger partial charge in [-0.15, -0.1) is 0 Å². The summed E-state index contributed by atoms with van der Waals surface area (Å²) in [6.07, 6.45) is -4.68. The molecule has 3 atom stereocenters. The van der Waals surface area contributed by atoms with Gasteiger partial charge in [0, 0.05) is 21.4 Å². The van der Waals surface area contributed by atoms with Crippen molar-refractivity contribution in [2.75, 3.05) is 18.1 Å². The summed E-state index contributed by atoms with van der Waals surface area (Å²) in [6.45, 7) is 1.33. The second-order valence-corrected chi connectivity index (χ2v) is 11.2. The van der Waals surface area contributed by atoms with Crippen LogP contribution in [0.25, 0.3) is 0 Å². The van der Waals surface area contributed by atoms with E-state index >= 15 is 0 Å². The molecule has 0 bridgehead atoms.